The lowest BCUT2D eigenvalue weighted by atomic mass is 9.85. The van der Waals surface area contributed by atoms with Crippen molar-refractivity contribution in [3.63, 3.8) is 0 Å². The van der Waals surface area contributed by atoms with Gasteiger partial charge < -0.3 is 4.74 Å². The minimum absolute atomic E-state index is 0.855. The number of ether oxygens (including phenoxy) is 1. The number of hydrogen-bond acceptors (Lipinski definition) is 3. The van der Waals surface area contributed by atoms with Crippen LogP contribution in [0.1, 0.15) is 0 Å². The molecule has 0 bridgehead atoms. The molecule has 0 atom stereocenters. The second-order valence-corrected chi connectivity index (χ2v) is 7.85. The van der Waals surface area contributed by atoms with Gasteiger partial charge in [-0.2, -0.15) is 0 Å². The Kier molecular flexibility index (Phi) is 4.32. The minimum Gasteiger partial charge on any atom is -0.497 e. The van der Waals surface area contributed by atoms with Gasteiger partial charge in [-0.25, -0.2) is 0 Å². The number of benzene rings is 4. The van der Waals surface area contributed by atoms with E-state index in [2.05, 4.69) is 70.6 Å². The maximum Gasteiger partial charge on any atom is 0.118 e. The zero-order valence-electron chi connectivity index (χ0n) is 17.6. The van der Waals surface area contributed by atoms with Crippen molar-refractivity contribution in [3.05, 3.63) is 104 Å². The number of rotatable bonds is 3. The van der Waals surface area contributed by atoms with Gasteiger partial charge in [-0.3, -0.25) is 9.97 Å². The van der Waals surface area contributed by atoms with Gasteiger partial charge in [0, 0.05) is 41.1 Å². The van der Waals surface area contributed by atoms with E-state index in [1.165, 1.54) is 38.2 Å². The molecule has 32 heavy (non-hydrogen) atoms. The summed E-state index contributed by atoms with van der Waals surface area (Å²) in [4.78, 5) is 8.96. The number of methoxy groups -OCH3 is 1. The van der Waals surface area contributed by atoms with E-state index in [-0.39, 0.29) is 0 Å². The summed E-state index contributed by atoms with van der Waals surface area (Å²) in [7, 11) is 1.70. The van der Waals surface area contributed by atoms with Crippen LogP contribution in [0.3, 0.4) is 0 Å². The van der Waals surface area contributed by atoms with E-state index in [1.54, 1.807) is 7.11 Å². The Morgan fingerprint density at radius 3 is 1.81 bits per heavy atom. The molecule has 0 aliphatic rings. The van der Waals surface area contributed by atoms with Crippen molar-refractivity contribution in [3.8, 4) is 28.0 Å². The van der Waals surface area contributed by atoms with Crippen molar-refractivity contribution >= 4 is 32.3 Å². The maximum atomic E-state index is 5.38. The third kappa shape index (κ3) is 2.83. The molecule has 152 valence electrons. The van der Waals surface area contributed by atoms with Crippen molar-refractivity contribution in [2.24, 2.45) is 0 Å². The molecule has 0 saturated carbocycles. The summed E-state index contributed by atoms with van der Waals surface area (Å²) in [5, 5.41) is 7.03. The van der Waals surface area contributed by atoms with Crippen LogP contribution < -0.4 is 4.74 Å². The molecule has 0 spiro atoms. The van der Waals surface area contributed by atoms with Crippen LogP contribution in [0.5, 0.6) is 5.75 Å². The molecular weight excluding hydrogens is 392 g/mol. The smallest absolute Gasteiger partial charge is 0.118 e. The Morgan fingerprint density at radius 1 is 0.562 bits per heavy atom. The molecule has 4 aromatic carbocycles. The average molecular weight is 412 g/mol. The number of aromatic nitrogens is 2. The van der Waals surface area contributed by atoms with Gasteiger partial charge in [0.15, 0.2) is 0 Å². The van der Waals surface area contributed by atoms with Crippen LogP contribution in [-0.2, 0) is 0 Å². The molecule has 0 fully saturated rings. The quantitative estimate of drug-likeness (QED) is 0.287. The van der Waals surface area contributed by atoms with Gasteiger partial charge in [-0.1, -0.05) is 60.7 Å². The molecular formula is C29H20N2O. The maximum absolute atomic E-state index is 5.38. The van der Waals surface area contributed by atoms with Crippen LogP contribution >= 0.6 is 0 Å². The third-order valence-electron chi connectivity index (χ3n) is 6.14. The first-order valence-electron chi connectivity index (χ1n) is 10.6. The van der Waals surface area contributed by atoms with E-state index in [9.17, 15) is 0 Å². The predicted molar refractivity (Wildman–Crippen MR) is 132 cm³/mol. The fourth-order valence-corrected chi connectivity index (χ4v) is 4.69. The van der Waals surface area contributed by atoms with E-state index in [1.807, 2.05) is 43.0 Å². The zero-order valence-corrected chi connectivity index (χ0v) is 17.6. The second kappa shape index (κ2) is 7.47. The number of hydrogen-bond donors (Lipinski definition) is 0. The molecule has 0 aliphatic heterocycles. The Balaban J connectivity index is 1.78. The highest BCUT2D eigenvalue weighted by atomic mass is 16.5. The predicted octanol–water partition coefficient (Wildman–Crippen LogP) is 7.28. The summed E-state index contributed by atoms with van der Waals surface area (Å²) in [6.07, 6.45) is 7.62. The summed E-state index contributed by atoms with van der Waals surface area (Å²) in [6, 6.07) is 27.6. The highest BCUT2D eigenvalue weighted by Gasteiger charge is 2.18. The van der Waals surface area contributed by atoms with Gasteiger partial charge in [0.25, 0.3) is 0 Å². The molecule has 6 rings (SSSR count). The van der Waals surface area contributed by atoms with Crippen molar-refractivity contribution in [1.29, 1.82) is 0 Å². The minimum atomic E-state index is 0.855. The Bertz CT molecular complexity index is 1540. The highest BCUT2D eigenvalue weighted by molar-refractivity contribution is 6.23. The Morgan fingerprint density at radius 2 is 1.19 bits per heavy atom. The van der Waals surface area contributed by atoms with E-state index in [0.717, 1.165) is 22.1 Å². The largest absolute Gasteiger partial charge is 0.497 e. The van der Waals surface area contributed by atoms with Crippen LogP contribution in [-0.4, -0.2) is 17.1 Å². The van der Waals surface area contributed by atoms with Gasteiger partial charge >= 0.3 is 0 Å². The lowest BCUT2D eigenvalue weighted by molar-refractivity contribution is 0.415. The summed E-state index contributed by atoms with van der Waals surface area (Å²) in [5.41, 5.74) is 4.69. The van der Waals surface area contributed by atoms with Gasteiger partial charge in [0.05, 0.1) is 7.11 Å². The number of nitrogens with zero attached hydrogens (tertiary/aromatic N) is 2. The molecule has 2 heterocycles. The molecule has 0 radical (unpaired) electrons. The Labute approximate surface area is 186 Å². The summed E-state index contributed by atoms with van der Waals surface area (Å²) in [6.45, 7) is 0. The topological polar surface area (TPSA) is 35.0 Å². The standard InChI is InChI=1S/C29H20N2O/c1-32-21-12-10-19(11-13-21)28-22-6-2-4-8-24(22)29(25-9-5-3-7-23(25)28)27-18-31-16-20-14-15-30-17-26(20)27/h2-18H,1H3. The molecule has 3 heteroatoms. The van der Waals surface area contributed by atoms with Gasteiger partial charge in [-0.05, 0) is 56.4 Å². The first kappa shape index (κ1) is 18.5. The molecule has 0 aliphatic carbocycles. The lowest BCUT2D eigenvalue weighted by Crippen LogP contribution is -1.92. The number of pyridine rings is 2. The first-order valence-corrected chi connectivity index (χ1v) is 10.6. The van der Waals surface area contributed by atoms with Crippen molar-refractivity contribution < 1.29 is 4.74 Å². The van der Waals surface area contributed by atoms with E-state index >= 15 is 0 Å². The molecule has 0 amide bonds. The van der Waals surface area contributed by atoms with Gasteiger partial charge in [-0.15, -0.1) is 0 Å². The van der Waals surface area contributed by atoms with Crippen molar-refractivity contribution in [2.45, 2.75) is 0 Å². The number of fused-ring (bicyclic) bond motifs is 3. The van der Waals surface area contributed by atoms with Crippen LogP contribution in [0.15, 0.2) is 104 Å². The van der Waals surface area contributed by atoms with Crippen molar-refractivity contribution in [2.75, 3.05) is 7.11 Å². The average Bonchev–Trinajstić information content (AvgIpc) is 2.87. The molecule has 2 aromatic heterocycles. The normalized spacial score (nSPS) is 11.3. The lowest BCUT2D eigenvalue weighted by Gasteiger charge is -2.18. The molecule has 3 nitrogen and oxygen atoms in total. The SMILES string of the molecule is COc1ccc(-c2c3ccccc3c(-c3cncc4ccncc34)c3ccccc23)cc1. The molecule has 0 N–H and O–H groups in total. The first-order chi connectivity index (χ1) is 15.8. The van der Waals surface area contributed by atoms with Crippen LogP contribution in [0, 0.1) is 0 Å². The van der Waals surface area contributed by atoms with E-state index < -0.39 is 0 Å². The van der Waals surface area contributed by atoms with Crippen molar-refractivity contribution in [1.82, 2.24) is 9.97 Å². The Hall–Kier alpha value is -4.24. The fourth-order valence-electron chi connectivity index (χ4n) is 4.69. The molecule has 0 saturated heterocycles. The monoisotopic (exact) mass is 412 g/mol. The third-order valence-corrected chi connectivity index (χ3v) is 6.14. The van der Waals surface area contributed by atoms with Crippen LogP contribution in [0.2, 0.25) is 0 Å². The van der Waals surface area contributed by atoms with Gasteiger partial charge in [0.2, 0.25) is 0 Å². The highest BCUT2D eigenvalue weighted by Crippen LogP contribution is 2.44. The van der Waals surface area contributed by atoms with E-state index in [0.29, 0.717) is 0 Å². The van der Waals surface area contributed by atoms with Gasteiger partial charge in [0.1, 0.15) is 5.75 Å². The van der Waals surface area contributed by atoms with E-state index in [4.69, 9.17) is 4.74 Å². The van der Waals surface area contributed by atoms with Crippen LogP contribution in [0.25, 0.3) is 54.6 Å². The summed E-state index contributed by atoms with van der Waals surface area (Å²) in [5.74, 6) is 0.855. The zero-order chi connectivity index (χ0) is 21.5. The fraction of sp³-hybridized carbons (Fsp3) is 0.0345. The summed E-state index contributed by atoms with van der Waals surface area (Å²) < 4.78 is 5.38. The second-order valence-electron chi connectivity index (χ2n) is 7.85. The molecule has 6 aromatic rings. The van der Waals surface area contributed by atoms with Crippen LogP contribution in [0.4, 0.5) is 0 Å². The molecule has 0 unspecified atom stereocenters. The summed E-state index contributed by atoms with van der Waals surface area (Å²) >= 11 is 0.